The van der Waals surface area contributed by atoms with Gasteiger partial charge in [0, 0.05) is 13.5 Å². The SMILES string of the molecule is COCSCCCCC(=O)O. The zero-order valence-corrected chi connectivity index (χ0v) is 7.52. The van der Waals surface area contributed by atoms with Crippen molar-refractivity contribution in [2.24, 2.45) is 0 Å². The highest BCUT2D eigenvalue weighted by molar-refractivity contribution is 7.99. The number of methoxy groups -OCH3 is 1. The van der Waals surface area contributed by atoms with Crippen molar-refractivity contribution in [3.05, 3.63) is 0 Å². The summed E-state index contributed by atoms with van der Waals surface area (Å²) in [5, 5.41) is 8.28. The molecular weight excluding hydrogens is 164 g/mol. The van der Waals surface area contributed by atoms with Gasteiger partial charge in [0.2, 0.25) is 0 Å². The smallest absolute Gasteiger partial charge is 0.303 e. The van der Waals surface area contributed by atoms with E-state index >= 15 is 0 Å². The van der Waals surface area contributed by atoms with Crippen LogP contribution in [0.1, 0.15) is 19.3 Å². The molecular formula is C7H14O3S. The second-order valence-corrected chi connectivity index (χ2v) is 3.22. The minimum atomic E-state index is -0.707. The van der Waals surface area contributed by atoms with Crippen molar-refractivity contribution in [1.29, 1.82) is 0 Å². The summed E-state index contributed by atoms with van der Waals surface area (Å²) in [6.07, 6.45) is 2.01. The largest absolute Gasteiger partial charge is 0.481 e. The van der Waals surface area contributed by atoms with Crippen LogP contribution in [0.5, 0.6) is 0 Å². The van der Waals surface area contributed by atoms with E-state index in [9.17, 15) is 4.79 Å². The van der Waals surface area contributed by atoms with Crippen LogP contribution in [0.2, 0.25) is 0 Å². The first kappa shape index (κ1) is 10.8. The summed E-state index contributed by atoms with van der Waals surface area (Å²) in [5.74, 6) is 0.982. The van der Waals surface area contributed by atoms with Gasteiger partial charge in [0.15, 0.2) is 0 Å². The van der Waals surface area contributed by atoms with Crippen LogP contribution in [0.4, 0.5) is 0 Å². The number of ether oxygens (including phenoxy) is 1. The summed E-state index contributed by atoms with van der Waals surface area (Å²) in [4.78, 5) is 10.1. The van der Waals surface area contributed by atoms with Crippen LogP contribution in [-0.2, 0) is 9.53 Å². The van der Waals surface area contributed by atoms with Gasteiger partial charge in [-0.25, -0.2) is 0 Å². The molecule has 0 saturated heterocycles. The average Bonchev–Trinajstić information content (AvgIpc) is 1.96. The van der Waals surface area contributed by atoms with E-state index in [-0.39, 0.29) is 6.42 Å². The van der Waals surface area contributed by atoms with Gasteiger partial charge >= 0.3 is 5.97 Å². The molecule has 0 aromatic carbocycles. The monoisotopic (exact) mass is 178 g/mol. The Morgan fingerprint density at radius 1 is 1.55 bits per heavy atom. The van der Waals surface area contributed by atoms with Gasteiger partial charge in [-0.3, -0.25) is 4.79 Å². The fourth-order valence-corrected chi connectivity index (χ4v) is 1.32. The van der Waals surface area contributed by atoms with E-state index < -0.39 is 5.97 Å². The molecule has 0 rings (SSSR count). The third-order valence-corrected chi connectivity index (χ3v) is 2.11. The molecule has 0 bridgehead atoms. The van der Waals surface area contributed by atoms with Crippen molar-refractivity contribution in [3.63, 3.8) is 0 Å². The Labute approximate surface area is 71.1 Å². The molecule has 0 aliphatic heterocycles. The molecule has 0 fully saturated rings. The predicted octanol–water partition coefficient (Wildman–Crippen LogP) is 1.58. The average molecular weight is 178 g/mol. The molecule has 0 saturated carbocycles. The van der Waals surface area contributed by atoms with Gasteiger partial charge < -0.3 is 9.84 Å². The highest BCUT2D eigenvalue weighted by atomic mass is 32.2. The van der Waals surface area contributed by atoms with Gasteiger partial charge in [-0.2, -0.15) is 0 Å². The van der Waals surface area contributed by atoms with E-state index in [0.29, 0.717) is 5.94 Å². The van der Waals surface area contributed by atoms with Gasteiger partial charge in [-0.05, 0) is 18.6 Å². The summed E-state index contributed by atoms with van der Waals surface area (Å²) in [6.45, 7) is 0. The topological polar surface area (TPSA) is 46.5 Å². The lowest BCUT2D eigenvalue weighted by Gasteiger charge is -1.97. The lowest BCUT2D eigenvalue weighted by molar-refractivity contribution is -0.137. The molecule has 0 aromatic heterocycles. The molecule has 3 nitrogen and oxygen atoms in total. The Morgan fingerprint density at radius 3 is 2.82 bits per heavy atom. The Kier molecular flexibility index (Phi) is 7.72. The summed E-state index contributed by atoms with van der Waals surface area (Å²) in [6, 6.07) is 0. The lowest BCUT2D eigenvalue weighted by Crippen LogP contribution is -1.94. The lowest BCUT2D eigenvalue weighted by atomic mass is 10.3. The third-order valence-electron chi connectivity index (χ3n) is 1.13. The van der Waals surface area contributed by atoms with E-state index in [0.717, 1.165) is 18.6 Å². The number of hydrogen-bond donors (Lipinski definition) is 1. The second-order valence-electron chi connectivity index (χ2n) is 2.17. The molecule has 0 aromatic rings. The zero-order valence-electron chi connectivity index (χ0n) is 6.71. The summed E-state index contributed by atoms with van der Waals surface area (Å²) >= 11 is 1.69. The number of rotatable bonds is 7. The van der Waals surface area contributed by atoms with Crippen LogP contribution < -0.4 is 0 Å². The highest BCUT2D eigenvalue weighted by Gasteiger charge is 1.95. The summed E-state index contributed by atoms with van der Waals surface area (Å²) in [7, 11) is 1.66. The molecule has 0 radical (unpaired) electrons. The van der Waals surface area contributed by atoms with Crippen LogP contribution >= 0.6 is 11.8 Å². The number of carboxylic acid groups (broad SMARTS) is 1. The van der Waals surface area contributed by atoms with Gasteiger partial charge in [0.1, 0.15) is 0 Å². The maximum absolute atomic E-state index is 10.1. The van der Waals surface area contributed by atoms with Crippen molar-refractivity contribution in [2.75, 3.05) is 18.8 Å². The first-order valence-electron chi connectivity index (χ1n) is 3.56. The van der Waals surface area contributed by atoms with Crippen molar-refractivity contribution >= 4 is 17.7 Å². The molecule has 1 N–H and O–H groups in total. The molecule has 0 aliphatic carbocycles. The minimum Gasteiger partial charge on any atom is -0.481 e. The van der Waals surface area contributed by atoms with Gasteiger partial charge in [0.05, 0.1) is 5.94 Å². The quantitative estimate of drug-likeness (QED) is 0.475. The van der Waals surface area contributed by atoms with Crippen LogP contribution in [-0.4, -0.2) is 29.9 Å². The van der Waals surface area contributed by atoms with E-state index in [1.807, 2.05) is 0 Å². The predicted molar refractivity (Wildman–Crippen MR) is 45.8 cm³/mol. The van der Waals surface area contributed by atoms with Crippen molar-refractivity contribution < 1.29 is 14.6 Å². The van der Waals surface area contributed by atoms with Crippen molar-refractivity contribution in [1.82, 2.24) is 0 Å². The fraction of sp³-hybridized carbons (Fsp3) is 0.857. The number of hydrogen-bond acceptors (Lipinski definition) is 3. The van der Waals surface area contributed by atoms with Crippen LogP contribution in [0, 0.1) is 0 Å². The number of aliphatic carboxylic acids is 1. The minimum absolute atomic E-state index is 0.285. The van der Waals surface area contributed by atoms with Crippen LogP contribution in [0.3, 0.4) is 0 Å². The molecule has 0 amide bonds. The molecule has 0 atom stereocenters. The Hall–Kier alpha value is -0.220. The standard InChI is InChI=1S/C7H14O3S/c1-10-6-11-5-3-2-4-7(8)9/h2-6H2,1H3,(H,8,9). The van der Waals surface area contributed by atoms with Crippen molar-refractivity contribution in [2.45, 2.75) is 19.3 Å². The Bertz CT molecular complexity index is 106. The fourth-order valence-electron chi connectivity index (χ4n) is 0.623. The Balaban J connectivity index is 2.85. The maximum Gasteiger partial charge on any atom is 0.303 e. The van der Waals surface area contributed by atoms with E-state index in [1.54, 1.807) is 18.9 Å². The van der Waals surface area contributed by atoms with E-state index in [2.05, 4.69) is 0 Å². The van der Waals surface area contributed by atoms with Gasteiger partial charge in [0.25, 0.3) is 0 Å². The van der Waals surface area contributed by atoms with E-state index in [4.69, 9.17) is 9.84 Å². The van der Waals surface area contributed by atoms with Gasteiger partial charge in [-0.15, -0.1) is 11.8 Å². The molecule has 0 spiro atoms. The number of unbranched alkanes of at least 4 members (excludes halogenated alkanes) is 1. The number of carbonyl (C=O) groups is 1. The number of thioether (sulfide) groups is 1. The molecule has 66 valence electrons. The zero-order chi connectivity index (χ0) is 8.53. The van der Waals surface area contributed by atoms with Crippen LogP contribution in [0.25, 0.3) is 0 Å². The second kappa shape index (κ2) is 7.88. The highest BCUT2D eigenvalue weighted by Crippen LogP contribution is 2.05. The molecule has 0 heterocycles. The molecule has 11 heavy (non-hydrogen) atoms. The molecule has 4 heteroatoms. The first-order chi connectivity index (χ1) is 5.27. The molecule has 0 aliphatic rings. The molecule has 0 unspecified atom stereocenters. The summed E-state index contributed by atoms with van der Waals surface area (Å²) in [5.41, 5.74) is 0. The van der Waals surface area contributed by atoms with E-state index in [1.165, 1.54) is 0 Å². The number of carboxylic acids is 1. The van der Waals surface area contributed by atoms with Crippen LogP contribution in [0.15, 0.2) is 0 Å². The normalized spacial score (nSPS) is 9.91. The van der Waals surface area contributed by atoms with Crippen molar-refractivity contribution in [3.8, 4) is 0 Å². The van der Waals surface area contributed by atoms with Gasteiger partial charge in [-0.1, -0.05) is 0 Å². The third kappa shape index (κ3) is 9.78. The summed E-state index contributed by atoms with van der Waals surface area (Å²) < 4.78 is 4.82. The Morgan fingerprint density at radius 2 is 2.27 bits per heavy atom. The first-order valence-corrected chi connectivity index (χ1v) is 4.71. The maximum atomic E-state index is 10.1.